The lowest BCUT2D eigenvalue weighted by Crippen LogP contribution is -2.38. The van der Waals surface area contributed by atoms with E-state index in [0.717, 1.165) is 16.7 Å². The van der Waals surface area contributed by atoms with Crippen LogP contribution in [-0.2, 0) is 20.0 Å². The van der Waals surface area contributed by atoms with Gasteiger partial charge in [-0.1, -0.05) is 72.3 Å². The molecule has 1 atom stereocenters. The van der Waals surface area contributed by atoms with Crippen molar-refractivity contribution in [3.63, 3.8) is 0 Å². The number of nitrogens with one attached hydrogen (secondary N) is 1. The average molecular weight is 315 g/mol. The van der Waals surface area contributed by atoms with Crippen LogP contribution < -0.4 is 4.72 Å². The molecule has 1 aliphatic heterocycles. The average Bonchev–Trinajstić information content (AvgIpc) is 2.83. The molecule has 4 nitrogen and oxygen atoms in total. The molecule has 22 heavy (non-hydrogen) atoms. The van der Waals surface area contributed by atoms with Crippen molar-refractivity contribution in [1.82, 2.24) is 4.72 Å². The van der Waals surface area contributed by atoms with Gasteiger partial charge in [0.25, 0.3) is 0 Å². The van der Waals surface area contributed by atoms with E-state index in [-0.39, 0.29) is 6.61 Å². The molecule has 1 fully saturated rings. The molecule has 2 aromatic carbocycles. The highest BCUT2D eigenvalue weighted by molar-refractivity contribution is 7.85. The quantitative estimate of drug-likeness (QED) is 0.947. The lowest BCUT2D eigenvalue weighted by atomic mass is 9.90. The van der Waals surface area contributed by atoms with Crippen molar-refractivity contribution in [3.05, 3.63) is 77.4 Å². The molecule has 0 saturated carbocycles. The summed E-state index contributed by atoms with van der Waals surface area (Å²) in [5, 5.41) is 0. The van der Waals surface area contributed by atoms with Gasteiger partial charge >= 0.3 is 10.3 Å². The van der Waals surface area contributed by atoms with Crippen molar-refractivity contribution in [3.8, 4) is 0 Å². The van der Waals surface area contributed by atoms with Crippen molar-refractivity contribution in [2.24, 2.45) is 0 Å². The van der Waals surface area contributed by atoms with Gasteiger partial charge in [-0.15, -0.1) is 0 Å². The molecule has 0 radical (unpaired) electrons. The summed E-state index contributed by atoms with van der Waals surface area (Å²) in [6.07, 6.45) is 3.74. The lowest BCUT2D eigenvalue weighted by Gasteiger charge is -2.23. The van der Waals surface area contributed by atoms with E-state index in [1.165, 1.54) is 0 Å². The van der Waals surface area contributed by atoms with Crippen LogP contribution in [-0.4, -0.2) is 15.0 Å². The maximum Gasteiger partial charge on any atom is 0.337 e. The Hall–Kier alpha value is -1.95. The lowest BCUT2D eigenvalue weighted by molar-refractivity contribution is 0.306. The predicted molar refractivity (Wildman–Crippen MR) is 86.3 cm³/mol. The van der Waals surface area contributed by atoms with Gasteiger partial charge in [-0.3, -0.25) is 4.18 Å². The Morgan fingerprint density at radius 1 is 1.09 bits per heavy atom. The SMILES string of the molecule is Cc1ccc([C@]2(/C=C/c3ccccc3)COS(=O)(=O)N2)cc1. The first kappa shape index (κ1) is 15.0. The third-order valence-electron chi connectivity index (χ3n) is 3.68. The van der Waals surface area contributed by atoms with E-state index in [4.69, 9.17) is 4.18 Å². The van der Waals surface area contributed by atoms with Crippen LogP contribution in [0, 0.1) is 6.92 Å². The molecule has 114 valence electrons. The molecule has 5 heteroatoms. The zero-order valence-electron chi connectivity index (χ0n) is 12.2. The summed E-state index contributed by atoms with van der Waals surface area (Å²) >= 11 is 0. The third kappa shape index (κ3) is 3.11. The zero-order valence-corrected chi connectivity index (χ0v) is 13.0. The summed E-state index contributed by atoms with van der Waals surface area (Å²) in [7, 11) is -3.72. The molecule has 1 aliphatic rings. The van der Waals surface area contributed by atoms with Gasteiger partial charge in [-0.05, 0) is 18.1 Å². The molecule has 1 saturated heterocycles. The molecule has 0 bridgehead atoms. The largest absolute Gasteiger partial charge is 0.337 e. The van der Waals surface area contributed by atoms with Crippen LogP contribution in [0.3, 0.4) is 0 Å². The molecule has 0 aromatic heterocycles. The molecule has 1 N–H and O–H groups in total. The van der Waals surface area contributed by atoms with E-state index < -0.39 is 15.8 Å². The Labute approximate surface area is 130 Å². The molecular formula is C17H17NO3S. The first-order valence-electron chi connectivity index (χ1n) is 6.99. The highest BCUT2D eigenvalue weighted by atomic mass is 32.2. The molecule has 2 aromatic rings. The van der Waals surface area contributed by atoms with E-state index in [1.807, 2.05) is 73.7 Å². The summed E-state index contributed by atoms with van der Waals surface area (Å²) in [4.78, 5) is 0. The van der Waals surface area contributed by atoms with Crippen LogP contribution in [0.1, 0.15) is 16.7 Å². The smallest absolute Gasteiger partial charge is 0.255 e. The zero-order chi connectivity index (χ0) is 15.6. The highest BCUT2D eigenvalue weighted by Crippen LogP contribution is 2.31. The Balaban J connectivity index is 2.01. The van der Waals surface area contributed by atoms with E-state index >= 15 is 0 Å². The fourth-order valence-corrected chi connectivity index (χ4v) is 3.52. The fraction of sp³-hybridized carbons (Fsp3) is 0.176. The molecular weight excluding hydrogens is 298 g/mol. The van der Waals surface area contributed by atoms with Crippen molar-refractivity contribution < 1.29 is 12.6 Å². The number of hydrogen-bond acceptors (Lipinski definition) is 3. The molecule has 3 rings (SSSR count). The van der Waals surface area contributed by atoms with Crippen molar-refractivity contribution >= 4 is 16.4 Å². The molecule has 0 unspecified atom stereocenters. The van der Waals surface area contributed by atoms with Crippen molar-refractivity contribution in [2.75, 3.05) is 6.61 Å². The first-order chi connectivity index (χ1) is 10.5. The Bertz CT molecular complexity index is 782. The standard InChI is InChI=1S/C17H17NO3S/c1-14-7-9-16(10-8-14)17(13-21-22(19,20)18-17)12-11-15-5-3-2-4-6-15/h2-12,18H,13H2,1H3/b12-11+/t17-/m0/s1. The maximum absolute atomic E-state index is 11.7. The summed E-state index contributed by atoms with van der Waals surface area (Å²) in [5.41, 5.74) is 2.10. The minimum atomic E-state index is -3.72. The molecule has 1 heterocycles. The van der Waals surface area contributed by atoms with Crippen LogP contribution in [0.4, 0.5) is 0 Å². The fourth-order valence-electron chi connectivity index (χ4n) is 2.43. The number of benzene rings is 2. The van der Waals surface area contributed by atoms with E-state index in [9.17, 15) is 8.42 Å². The Morgan fingerprint density at radius 2 is 1.77 bits per heavy atom. The number of rotatable bonds is 3. The summed E-state index contributed by atoms with van der Waals surface area (Å²) in [6.45, 7) is 2.04. The van der Waals surface area contributed by atoms with Crippen LogP contribution >= 0.6 is 0 Å². The molecule has 0 spiro atoms. The van der Waals surface area contributed by atoms with Crippen molar-refractivity contribution in [2.45, 2.75) is 12.5 Å². The normalized spacial score (nSPS) is 23.9. The summed E-state index contributed by atoms with van der Waals surface area (Å²) < 4.78 is 31.0. The number of hydrogen-bond donors (Lipinski definition) is 1. The molecule has 0 aliphatic carbocycles. The van der Waals surface area contributed by atoms with Gasteiger partial charge in [0.1, 0.15) is 5.54 Å². The van der Waals surface area contributed by atoms with Gasteiger partial charge in [0.2, 0.25) is 0 Å². The Morgan fingerprint density at radius 3 is 2.36 bits per heavy atom. The van der Waals surface area contributed by atoms with Crippen LogP contribution in [0.25, 0.3) is 6.08 Å². The topological polar surface area (TPSA) is 55.4 Å². The predicted octanol–water partition coefficient (Wildman–Crippen LogP) is 2.77. The second-order valence-electron chi connectivity index (χ2n) is 5.40. The highest BCUT2D eigenvalue weighted by Gasteiger charge is 2.42. The second-order valence-corrected chi connectivity index (χ2v) is 6.75. The monoisotopic (exact) mass is 315 g/mol. The Kier molecular flexibility index (Phi) is 3.87. The third-order valence-corrected chi connectivity index (χ3v) is 4.72. The summed E-state index contributed by atoms with van der Waals surface area (Å²) in [5.74, 6) is 0. The van der Waals surface area contributed by atoms with Gasteiger partial charge in [0.05, 0.1) is 6.61 Å². The minimum absolute atomic E-state index is 0.0434. The van der Waals surface area contributed by atoms with E-state index in [0.29, 0.717) is 0 Å². The van der Waals surface area contributed by atoms with Crippen LogP contribution in [0.2, 0.25) is 0 Å². The van der Waals surface area contributed by atoms with Crippen molar-refractivity contribution in [1.29, 1.82) is 0 Å². The van der Waals surface area contributed by atoms with Gasteiger partial charge in [0, 0.05) is 0 Å². The second kappa shape index (κ2) is 5.68. The summed E-state index contributed by atoms with van der Waals surface area (Å²) in [6, 6.07) is 17.5. The minimum Gasteiger partial charge on any atom is -0.255 e. The maximum atomic E-state index is 11.7. The van der Waals surface area contributed by atoms with E-state index in [1.54, 1.807) is 0 Å². The van der Waals surface area contributed by atoms with Gasteiger partial charge in [-0.25, -0.2) is 0 Å². The van der Waals surface area contributed by atoms with Gasteiger partial charge in [-0.2, -0.15) is 13.1 Å². The number of aryl methyl sites for hydroxylation is 1. The first-order valence-corrected chi connectivity index (χ1v) is 8.40. The van der Waals surface area contributed by atoms with Crippen LogP contribution in [0.15, 0.2) is 60.7 Å². The van der Waals surface area contributed by atoms with Crippen LogP contribution in [0.5, 0.6) is 0 Å². The van der Waals surface area contributed by atoms with Gasteiger partial charge < -0.3 is 0 Å². The van der Waals surface area contributed by atoms with E-state index in [2.05, 4.69) is 4.72 Å². The van der Waals surface area contributed by atoms with Gasteiger partial charge in [0.15, 0.2) is 0 Å². The molecule has 0 amide bonds.